The first-order valence-electron chi connectivity index (χ1n) is 5.02. The molecule has 0 radical (unpaired) electrons. The molecule has 1 aromatic rings. The molecule has 0 aliphatic rings. The van der Waals surface area contributed by atoms with Crippen LogP contribution in [-0.2, 0) is 0 Å². The third kappa shape index (κ3) is 3.75. The summed E-state index contributed by atoms with van der Waals surface area (Å²) in [6, 6.07) is 3.80. The molecule has 1 atom stereocenters. The van der Waals surface area contributed by atoms with Gasteiger partial charge in [0.15, 0.2) is 0 Å². The fourth-order valence-electron chi connectivity index (χ4n) is 1.26. The van der Waals surface area contributed by atoms with Crippen LogP contribution in [0.4, 0.5) is 5.69 Å². The summed E-state index contributed by atoms with van der Waals surface area (Å²) in [6.07, 6.45) is 2.20. The summed E-state index contributed by atoms with van der Waals surface area (Å²) >= 11 is 0. The Bertz CT molecular complexity index is 302. The number of nitrogens with zero attached hydrogens (tertiary/aromatic N) is 2. The standard InChI is InChI=1S/C11H18N2O2/c1-9(14)5-7-13(2)10-4-6-12-11(8-10)15-3/h4,6,8-9,14H,5,7H2,1-3H3. The number of aliphatic hydroxyl groups is 1. The van der Waals surface area contributed by atoms with Crippen LogP contribution >= 0.6 is 0 Å². The Morgan fingerprint density at radius 1 is 1.60 bits per heavy atom. The van der Waals surface area contributed by atoms with Crippen molar-refractivity contribution in [1.29, 1.82) is 0 Å². The largest absolute Gasteiger partial charge is 0.481 e. The van der Waals surface area contributed by atoms with Crippen molar-refractivity contribution in [2.45, 2.75) is 19.4 Å². The highest BCUT2D eigenvalue weighted by molar-refractivity contribution is 5.47. The minimum Gasteiger partial charge on any atom is -0.481 e. The van der Waals surface area contributed by atoms with Crippen LogP contribution in [0.1, 0.15) is 13.3 Å². The average molecular weight is 210 g/mol. The Morgan fingerprint density at radius 3 is 2.93 bits per heavy atom. The normalized spacial score (nSPS) is 12.3. The molecule has 4 heteroatoms. The van der Waals surface area contributed by atoms with Gasteiger partial charge in [-0.2, -0.15) is 0 Å². The number of pyridine rings is 1. The van der Waals surface area contributed by atoms with Crippen molar-refractivity contribution in [2.75, 3.05) is 25.6 Å². The van der Waals surface area contributed by atoms with E-state index < -0.39 is 0 Å². The van der Waals surface area contributed by atoms with Gasteiger partial charge in [0.25, 0.3) is 0 Å². The van der Waals surface area contributed by atoms with E-state index in [9.17, 15) is 5.11 Å². The molecule has 1 heterocycles. The van der Waals surface area contributed by atoms with Crippen LogP contribution in [0, 0.1) is 0 Å². The first kappa shape index (κ1) is 11.8. The number of ether oxygens (including phenoxy) is 1. The Hall–Kier alpha value is -1.29. The van der Waals surface area contributed by atoms with Crippen molar-refractivity contribution in [2.24, 2.45) is 0 Å². The number of hydrogen-bond acceptors (Lipinski definition) is 4. The molecule has 15 heavy (non-hydrogen) atoms. The smallest absolute Gasteiger partial charge is 0.214 e. The third-order valence-corrected chi connectivity index (χ3v) is 2.25. The zero-order valence-electron chi connectivity index (χ0n) is 9.47. The molecular weight excluding hydrogens is 192 g/mol. The zero-order chi connectivity index (χ0) is 11.3. The Labute approximate surface area is 90.5 Å². The van der Waals surface area contributed by atoms with Gasteiger partial charge >= 0.3 is 0 Å². The molecule has 0 saturated carbocycles. The van der Waals surface area contributed by atoms with Crippen molar-refractivity contribution in [3.8, 4) is 5.88 Å². The zero-order valence-corrected chi connectivity index (χ0v) is 9.47. The highest BCUT2D eigenvalue weighted by Gasteiger charge is 2.04. The molecule has 1 N–H and O–H groups in total. The van der Waals surface area contributed by atoms with Crippen LogP contribution in [0.2, 0.25) is 0 Å². The highest BCUT2D eigenvalue weighted by atomic mass is 16.5. The summed E-state index contributed by atoms with van der Waals surface area (Å²) in [5.74, 6) is 0.608. The maximum atomic E-state index is 9.19. The van der Waals surface area contributed by atoms with Crippen LogP contribution in [0.25, 0.3) is 0 Å². The van der Waals surface area contributed by atoms with Gasteiger partial charge in [0.05, 0.1) is 13.2 Å². The van der Waals surface area contributed by atoms with E-state index in [1.807, 2.05) is 19.2 Å². The summed E-state index contributed by atoms with van der Waals surface area (Å²) in [6.45, 7) is 2.60. The topological polar surface area (TPSA) is 45.6 Å². The molecule has 0 spiro atoms. The van der Waals surface area contributed by atoms with E-state index in [1.165, 1.54) is 0 Å². The number of rotatable bonds is 5. The van der Waals surface area contributed by atoms with Crippen LogP contribution in [0.15, 0.2) is 18.3 Å². The first-order valence-corrected chi connectivity index (χ1v) is 5.02. The maximum Gasteiger partial charge on any atom is 0.214 e. The number of anilines is 1. The first-order chi connectivity index (χ1) is 7.13. The highest BCUT2D eigenvalue weighted by Crippen LogP contribution is 2.17. The lowest BCUT2D eigenvalue weighted by molar-refractivity contribution is 0.187. The molecule has 0 aliphatic carbocycles. The molecule has 0 fully saturated rings. The quantitative estimate of drug-likeness (QED) is 0.795. The second-order valence-electron chi connectivity index (χ2n) is 3.62. The van der Waals surface area contributed by atoms with Gasteiger partial charge in [-0.05, 0) is 19.4 Å². The lowest BCUT2D eigenvalue weighted by atomic mass is 10.2. The number of aromatic nitrogens is 1. The fraction of sp³-hybridized carbons (Fsp3) is 0.545. The molecule has 1 unspecified atom stereocenters. The fourth-order valence-corrected chi connectivity index (χ4v) is 1.26. The predicted octanol–water partition coefficient (Wildman–Crippen LogP) is 1.30. The van der Waals surface area contributed by atoms with Crippen molar-refractivity contribution in [1.82, 2.24) is 4.98 Å². The van der Waals surface area contributed by atoms with Gasteiger partial charge in [-0.25, -0.2) is 4.98 Å². The number of hydrogen-bond donors (Lipinski definition) is 1. The summed E-state index contributed by atoms with van der Waals surface area (Å²) in [5.41, 5.74) is 1.04. The van der Waals surface area contributed by atoms with E-state index in [2.05, 4.69) is 9.88 Å². The Kier molecular flexibility index (Phi) is 4.37. The van der Waals surface area contributed by atoms with Crippen LogP contribution in [-0.4, -0.2) is 36.9 Å². The number of aliphatic hydroxyl groups excluding tert-OH is 1. The Balaban J connectivity index is 2.60. The second kappa shape index (κ2) is 5.56. The van der Waals surface area contributed by atoms with Crippen LogP contribution in [0.3, 0.4) is 0 Å². The maximum absolute atomic E-state index is 9.19. The summed E-state index contributed by atoms with van der Waals surface area (Å²) in [4.78, 5) is 6.10. The van der Waals surface area contributed by atoms with Gasteiger partial charge in [-0.1, -0.05) is 0 Å². The van der Waals surface area contributed by atoms with E-state index >= 15 is 0 Å². The average Bonchev–Trinajstić information content (AvgIpc) is 2.26. The van der Waals surface area contributed by atoms with Crippen LogP contribution in [0.5, 0.6) is 5.88 Å². The summed E-state index contributed by atoms with van der Waals surface area (Å²) in [7, 11) is 3.58. The van der Waals surface area contributed by atoms with E-state index in [4.69, 9.17) is 4.74 Å². The van der Waals surface area contributed by atoms with Gasteiger partial charge < -0.3 is 14.7 Å². The summed E-state index contributed by atoms with van der Waals surface area (Å²) in [5, 5.41) is 9.19. The van der Waals surface area contributed by atoms with Gasteiger partial charge in [0, 0.05) is 31.5 Å². The molecule has 84 valence electrons. The lowest BCUT2D eigenvalue weighted by Crippen LogP contribution is -2.21. The molecule has 0 aromatic carbocycles. The molecule has 0 bridgehead atoms. The van der Waals surface area contributed by atoms with Crippen molar-refractivity contribution >= 4 is 5.69 Å². The Morgan fingerprint density at radius 2 is 2.33 bits per heavy atom. The molecule has 1 rings (SSSR count). The molecule has 0 aliphatic heterocycles. The summed E-state index contributed by atoms with van der Waals surface area (Å²) < 4.78 is 5.04. The molecular formula is C11H18N2O2. The second-order valence-corrected chi connectivity index (χ2v) is 3.62. The van der Waals surface area contributed by atoms with E-state index in [1.54, 1.807) is 20.2 Å². The minimum absolute atomic E-state index is 0.267. The molecule has 1 aromatic heterocycles. The van der Waals surface area contributed by atoms with E-state index in [0.29, 0.717) is 5.88 Å². The molecule has 0 amide bonds. The minimum atomic E-state index is -0.267. The van der Waals surface area contributed by atoms with Crippen molar-refractivity contribution in [3.63, 3.8) is 0 Å². The van der Waals surface area contributed by atoms with Gasteiger partial charge in [-0.3, -0.25) is 0 Å². The number of methoxy groups -OCH3 is 1. The predicted molar refractivity (Wildman–Crippen MR) is 60.4 cm³/mol. The van der Waals surface area contributed by atoms with Gasteiger partial charge in [0.1, 0.15) is 0 Å². The third-order valence-electron chi connectivity index (χ3n) is 2.25. The lowest BCUT2D eigenvalue weighted by Gasteiger charge is -2.20. The monoisotopic (exact) mass is 210 g/mol. The van der Waals surface area contributed by atoms with Crippen molar-refractivity contribution in [3.05, 3.63) is 18.3 Å². The van der Waals surface area contributed by atoms with Crippen LogP contribution < -0.4 is 9.64 Å². The van der Waals surface area contributed by atoms with Crippen molar-refractivity contribution < 1.29 is 9.84 Å². The van der Waals surface area contributed by atoms with Gasteiger partial charge in [-0.15, -0.1) is 0 Å². The molecule has 4 nitrogen and oxygen atoms in total. The van der Waals surface area contributed by atoms with E-state index in [-0.39, 0.29) is 6.10 Å². The molecule has 0 saturated heterocycles. The van der Waals surface area contributed by atoms with Gasteiger partial charge in [0.2, 0.25) is 5.88 Å². The SMILES string of the molecule is COc1cc(N(C)CCC(C)O)ccn1. The van der Waals surface area contributed by atoms with E-state index in [0.717, 1.165) is 18.7 Å².